The number of hydrogen-bond acceptors (Lipinski definition) is 12. The Hall–Kier alpha value is -3.86. The van der Waals surface area contributed by atoms with Crippen LogP contribution in [0, 0.1) is 13.8 Å². The van der Waals surface area contributed by atoms with Crippen LogP contribution in [0.4, 0.5) is 11.4 Å². The minimum Gasteiger partial charge on any atom is -0.478 e. The van der Waals surface area contributed by atoms with Crippen molar-refractivity contribution in [2.45, 2.75) is 22.5 Å². The first-order valence-electron chi connectivity index (χ1n) is 11.3. The summed E-state index contributed by atoms with van der Waals surface area (Å²) in [5.41, 5.74) is 0.691. The standard InChI is InChI=1S/C24H20N6O6S4/c1-11-27-29-23(39-11)37-9-19(31)25-17-5-3-13(7-15(17)21(33)34)14-4-6-18(16(8-14)22(35)36)26-20(32)10-38-24-30-28-12(2)40-24/h3-8H,9-10H2,1-2H3,(H,25,31)(H,26,32)(H,33,34)(H,35,36). The molecule has 0 aliphatic carbocycles. The normalized spacial score (nSPS) is 10.8. The number of hydrogen-bond donors (Lipinski definition) is 4. The van der Waals surface area contributed by atoms with Gasteiger partial charge in [0.1, 0.15) is 10.0 Å². The summed E-state index contributed by atoms with van der Waals surface area (Å²) in [5, 5.41) is 41.9. The number of aryl methyl sites for hydroxylation is 2. The zero-order chi connectivity index (χ0) is 28.8. The summed E-state index contributed by atoms with van der Waals surface area (Å²) in [6, 6.07) is 8.72. The zero-order valence-corrected chi connectivity index (χ0v) is 24.1. The highest BCUT2D eigenvalue weighted by atomic mass is 32.2. The summed E-state index contributed by atoms with van der Waals surface area (Å²) < 4.78 is 1.25. The molecule has 4 aromatic rings. The molecule has 4 rings (SSSR count). The number of nitrogens with one attached hydrogen (secondary N) is 2. The fraction of sp³-hybridized carbons (Fsp3) is 0.167. The van der Waals surface area contributed by atoms with E-state index in [1.165, 1.54) is 70.5 Å². The van der Waals surface area contributed by atoms with E-state index < -0.39 is 23.8 Å². The molecule has 0 bridgehead atoms. The van der Waals surface area contributed by atoms with Gasteiger partial charge in [0.25, 0.3) is 0 Å². The Morgan fingerprint density at radius 2 is 1.10 bits per heavy atom. The lowest BCUT2D eigenvalue weighted by Gasteiger charge is -2.13. The van der Waals surface area contributed by atoms with E-state index in [-0.39, 0.29) is 34.0 Å². The van der Waals surface area contributed by atoms with E-state index in [0.717, 1.165) is 10.0 Å². The third-order valence-corrected chi connectivity index (χ3v) is 8.99. The maximum atomic E-state index is 12.4. The first-order chi connectivity index (χ1) is 19.1. The number of benzene rings is 2. The third-order valence-electron chi connectivity index (χ3n) is 5.05. The quantitative estimate of drug-likeness (QED) is 0.173. The van der Waals surface area contributed by atoms with Crippen molar-refractivity contribution in [1.82, 2.24) is 20.4 Å². The largest absolute Gasteiger partial charge is 0.478 e. The Balaban J connectivity index is 1.48. The fourth-order valence-corrected chi connectivity index (χ4v) is 6.55. The van der Waals surface area contributed by atoms with Crippen LogP contribution in [0.3, 0.4) is 0 Å². The second kappa shape index (κ2) is 13.0. The number of carbonyl (C=O) groups is 4. The van der Waals surface area contributed by atoms with Gasteiger partial charge in [-0.25, -0.2) is 9.59 Å². The van der Waals surface area contributed by atoms with Crippen LogP contribution < -0.4 is 10.6 Å². The van der Waals surface area contributed by atoms with Crippen molar-refractivity contribution in [1.29, 1.82) is 0 Å². The van der Waals surface area contributed by atoms with Crippen LogP contribution in [-0.2, 0) is 9.59 Å². The third kappa shape index (κ3) is 7.62. The van der Waals surface area contributed by atoms with Gasteiger partial charge in [-0.05, 0) is 49.2 Å². The van der Waals surface area contributed by atoms with Gasteiger partial charge in [0, 0.05) is 0 Å². The zero-order valence-electron chi connectivity index (χ0n) is 20.8. The maximum absolute atomic E-state index is 12.4. The highest BCUT2D eigenvalue weighted by Gasteiger charge is 2.18. The molecule has 12 nitrogen and oxygen atoms in total. The lowest BCUT2D eigenvalue weighted by molar-refractivity contribution is -0.114. The van der Waals surface area contributed by atoms with E-state index >= 15 is 0 Å². The van der Waals surface area contributed by atoms with Crippen LogP contribution in [-0.4, -0.2) is 65.9 Å². The van der Waals surface area contributed by atoms with Crippen molar-refractivity contribution in [2.75, 3.05) is 22.1 Å². The minimum absolute atomic E-state index is 0.0173. The Kier molecular flexibility index (Phi) is 9.46. The van der Waals surface area contributed by atoms with Crippen LogP contribution in [0.2, 0.25) is 0 Å². The number of rotatable bonds is 11. The monoisotopic (exact) mass is 616 g/mol. The number of amides is 2. The van der Waals surface area contributed by atoms with Crippen molar-refractivity contribution >= 4 is 81.3 Å². The van der Waals surface area contributed by atoms with E-state index in [9.17, 15) is 29.4 Å². The molecule has 16 heteroatoms. The molecule has 0 saturated carbocycles. The van der Waals surface area contributed by atoms with Crippen LogP contribution in [0.5, 0.6) is 0 Å². The van der Waals surface area contributed by atoms with Gasteiger partial charge in [-0.1, -0.05) is 58.3 Å². The van der Waals surface area contributed by atoms with Gasteiger partial charge in [-0.2, -0.15) is 0 Å². The van der Waals surface area contributed by atoms with E-state index in [2.05, 4.69) is 31.0 Å². The molecule has 2 heterocycles. The highest BCUT2D eigenvalue weighted by molar-refractivity contribution is 8.01. The van der Waals surface area contributed by atoms with Crippen molar-refractivity contribution in [3.05, 3.63) is 57.5 Å². The maximum Gasteiger partial charge on any atom is 0.337 e. The molecule has 2 amide bonds. The minimum atomic E-state index is -1.27. The summed E-state index contributed by atoms with van der Waals surface area (Å²) in [6.07, 6.45) is 0. The number of thioether (sulfide) groups is 2. The molecule has 0 atom stereocenters. The predicted molar refractivity (Wildman–Crippen MR) is 154 cm³/mol. The number of aromatic carboxylic acids is 2. The molecule has 0 aliphatic rings. The summed E-state index contributed by atoms with van der Waals surface area (Å²) >= 11 is 5.08. The molecule has 0 saturated heterocycles. The van der Waals surface area contributed by atoms with E-state index in [1.54, 1.807) is 26.0 Å². The topological polar surface area (TPSA) is 184 Å². The van der Waals surface area contributed by atoms with E-state index in [1.807, 2.05) is 0 Å². The lowest BCUT2D eigenvalue weighted by atomic mass is 9.99. The Morgan fingerprint density at radius 3 is 1.43 bits per heavy atom. The lowest BCUT2D eigenvalue weighted by Crippen LogP contribution is -2.17. The molecule has 2 aromatic heterocycles. The summed E-state index contributed by atoms with van der Waals surface area (Å²) in [5.74, 6) is -3.33. The SMILES string of the molecule is Cc1nnc(SCC(=O)Nc2ccc(-c3ccc(NC(=O)CSc4nnc(C)s4)c(C(=O)O)c3)cc2C(=O)O)s1. The second-order valence-corrected chi connectivity index (χ2v) is 12.8. The first-order valence-corrected chi connectivity index (χ1v) is 14.9. The number of carboxylic acid groups (broad SMARTS) is 2. The molecule has 0 spiro atoms. The second-order valence-electron chi connectivity index (χ2n) is 7.98. The molecule has 0 fully saturated rings. The van der Waals surface area contributed by atoms with Crippen LogP contribution in [0.15, 0.2) is 45.1 Å². The van der Waals surface area contributed by atoms with Gasteiger partial charge in [0.2, 0.25) is 11.8 Å². The van der Waals surface area contributed by atoms with Crippen LogP contribution >= 0.6 is 46.2 Å². The Bertz CT molecular complexity index is 1490. The number of aromatic nitrogens is 4. The summed E-state index contributed by atoms with van der Waals surface area (Å²) in [4.78, 5) is 48.8. The molecule has 2 aromatic carbocycles. The number of carbonyl (C=O) groups excluding carboxylic acids is 2. The van der Waals surface area contributed by atoms with E-state index in [0.29, 0.717) is 19.8 Å². The van der Waals surface area contributed by atoms with Gasteiger partial charge in [0.05, 0.1) is 34.0 Å². The number of anilines is 2. The molecular formula is C24H20N6O6S4. The molecule has 0 unspecified atom stereocenters. The van der Waals surface area contributed by atoms with Crippen LogP contribution in [0.1, 0.15) is 30.7 Å². The Morgan fingerprint density at radius 1 is 0.700 bits per heavy atom. The van der Waals surface area contributed by atoms with Gasteiger partial charge in [-0.3, -0.25) is 9.59 Å². The van der Waals surface area contributed by atoms with Gasteiger partial charge in [-0.15, -0.1) is 20.4 Å². The van der Waals surface area contributed by atoms with Crippen molar-refractivity contribution in [2.24, 2.45) is 0 Å². The number of nitrogens with zero attached hydrogens (tertiary/aromatic N) is 4. The summed E-state index contributed by atoms with van der Waals surface area (Å²) in [7, 11) is 0. The molecule has 40 heavy (non-hydrogen) atoms. The van der Waals surface area contributed by atoms with Crippen molar-refractivity contribution < 1.29 is 29.4 Å². The van der Waals surface area contributed by atoms with Crippen molar-refractivity contribution in [3.8, 4) is 11.1 Å². The van der Waals surface area contributed by atoms with Crippen molar-refractivity contribution in [3.63, 3.8) is 0 Å². The average molecular weight is 617 g/mol. The van der Waals surface area contributed by atoms with E-state index in [4.69, 9.17) is 0 Å². The van der Waals surface area contributed by atoms with Gasteiger partial charge < -0.3 is 20.8 Å². The van der Waals surface area contributed by atoms with Gasteiger partial charge >= 0.3 is 11.9 Å². The summed E-state index contributed by atoms with van der Waals surface area (Å²) in [6.45, 7) is 3.60. The molecular weight excluding hydrogens is 597 g/mol. The van der Waals surface area contributed by atoms with Crippen LogP contribution in [0.25, 0.3) is 11.1 Å². The highest BCUT2D eigenvalue weighted by Crippen LogP contribution is 2.30. The Labute approximate surface area is 243 Å². The molecule has 4 N–H and O–H groups in total. The number of carboxylic acids is 2. The first kappa shape index (κ1) is 29.1. The smallest absolute Gasteiger partial charge is 0.337 e. The van der Waals surface area contributed by atoms with Gasteiger partial charge in [0.15, 0.2) is 8.68 Å². The molecule has 0 radical (unpaired) electrons. The predicted octanol–water partition coefficient (Wildman–Crippen LogP) is 4.53. The molecule has 206 valence electrons. The average Bonchev–Trinajstić information content (AvgIpc) is 3.53. The molecule has 0 aliphatic heterocycles. The fourth-order valence-electron chi connectivity index (χ4n) is 3.32.